The maximum absolute atomic E-state index is 5.91. The van der Waals surface area contributed by atoms with E-state index in [1.807, 2.05) is 13.8 Å². The first-order valence-electron chi connectivity index (χ1n) is 5.42. The lowest BCUT2D eigenvalue weighted by molar-refractivity contribution is 0.310. The predicted octanol–water partition coefficient (Wildman–Crippen LogP) is 4.22. The third-order valence-electron chi connectivity index (χ3n) is 2.20. The summed E-state index contributed by atoms with van der Waals surface area (Å²) in [5.41, 5.74) is 0.773. The summed E-state index contributed by atoms with van der Waals surface area (Å²) in [5.74, 6) is 1.50. The molecule has 0 saturated carbocycles. The van der Waals surface area contributed by atoms with Crippen LogP contribution in [0.15, 0.2) is 18.2 Å². The van der Waals surface area contributed by atoms with Gasteiger partial charge in [-0.1, -0.05) is 23.2 Å². The van der Waals surface area contributed by atoms with Gasteiger partial charge in [0, 0.05) is 10.0 Å². The van der Waals surface area contributed by atoms with Gasteiger partial charge in [0.25, 0.3) is 5.88 Å². The normalized spacial score (nSPS) is 10.4. The van der Waals surface area contributed by atoms with Gasteiger partial charge in [-0.25, -0.2) is 0 Å². The second kappa shape index (κ2) is 5.50. The molecule has 0 atom stereocenters. The number of H-pyrrole nitrogens is 1. The number of hydrogen-bond acceptors (Lipinski definition) is 3. The van der Waals surface area contributed by atoms with Gasteiger partial charge in [0.05, 0.1) is 12.3 Å². The number of ether oxygens (including phenoxy) is 2. The standard InChI is InChI=1S/C12H12Cl2N2O2/c1-3-17-12-11(7(2)15-16-12)18-10-5-8(13)4-9(14)6-10/h4-6H,3H2,1-2H3,(H,15,16). The first-order valence-corrected chi connectivity index (χ1v) is 6.17. The van der Waals surface area contributed by atoms with Crippen LogP contribution >= 0.6 is 23.2 Å². The van der Waals surface area contributed by atoms with E-state index < -0.39 is 0 Å². The van der Waals surface area contributed by atoms with Crippen molar-refractivity contribution in [3.8, 4) is 17.4 Å². The number of halogens is 2. The summed E-state index contributed by atoms with van der Waals surface area (Å²) in [6.07, 6.45) is 0. The molecule has 18 heavy (non-hydrogen) atoms. The van der Waals surface area contributed by atoms with Gasteiger partial charge >= 0.3 is 0 Å². The topological polar surface area (TPSA) is 47.1 Å². The number of nitrogens with zero attached hydrogens (tertiary/aromatic N) is 1. The van der Waals surface area contributed by atoms with Gasteiger partial charge in [-0.05, 0) is 32.0 Å². The van der Waals surface area contributed by atoms with Crippen LogP contribution in [-0.4, -0.2) is 16.8 Å². The van der Waals surface area contributed by atoms with E-state index in [9.17, 15) is 0 Å². The Kier molecular flexibility index (Phi) is 3.99. The van der Waals surface area contributed by atoms with Crippen molar-refractivity contribution in [3.05, 3.63) is 33.9 Å². The number of aryl methyl sites for hydroxylation is 1. The van der Waals surface area contributed by atoms with Crippen molar-refractivity contribution in [1.82, 2.24) is 10.2 Å². The fourth-order valence-corrected chi connectivity index (χ4v) is 1.96. The van der Waals surface area contributed by atoms with Gasteiger partial charge in [0.2, 0.25) is 5.75 Å². The second-order valence-corrected chi connectivity index (χ2v) is 4.50. The minimum Gasteiger partial charge on any atom is -0.474 e. The van der Waals surface area contributed by atoms with Crippen molar-refractivity contribution in [2.75, 3.05) is 6.61 Å². The Bertz CT molecular complexity index is 535. The van der Waals surface area contributed by atoms with Crippen LogP contribution in [0.3, 0.4) is 0 Å². The predicted molar refractivity (Wildman–Crippen MR) is 71.0 cm³/mol. The highest BCUT2D eigenvalue weighted by atomic mass is 35.5. The van der Waals surface area contributed by atoms with Crippen LogP contribution in [0.2, 0.25) is 10.0 Å². The maximum atomic E-state index is 5.91. The summed E-state index contributed by atoms with van der Waals surface area (Å²) in [5, 5.41) is 7.84. The Balaban J connectivity index is 2.30. The summed E-state index contributed by atoms with van der Waals surface area (Å²) in [4.78, 5) is 0. The highest BCUT2D eigenvalue weighted by molar-refractivity contribution is 6.34. The summed E-state index contributed by atoms with van der Waals surface area (Å²) in [6, 6.07) is 4.99. The number of hydrogen-bond donors (Lipinski definition) is 1. The van der Waals surface area contributed by atoms with Crippen molar-refractivity contribution in [1.29, 1.82) is 0 Å². The number of rotatable bonds is 4. The monoisotopic (exact) mass is 286 g/mol. The van der Waals surface area contributed by atoms with Crippen LogP contribution in [-0.2, 0) is 0 Å². The van der Waals surface area contributed by atoms with Crippen LogP contribution in [0.25, 0.3) is 0 Å². The first kappa shape index (κ1) is 13.1. The lowest BCUT2D eigenvalue weighted by Gasteiger charge is -2.07. The average molecular weight is 287 g/mol. The molecule has 0 amide bonds. The van der Waals surface area contributed by atoms with Crippen LogP contribution in [0.4, 0.5) is 0 Å². The summed E-state index contributed by atoms with van der Waals surface area (Å²) >= 11 is 11.8. The number of aromatic nitrogens is 2. The molecule has 0 aliphatic rings. The molecule has 96 valence electrons. The zero-order valence-electron chi connectivity index (χ0n) is 9.96. The molecule has 6 heteroatoms. The molecule has 0 saturated heterocycles. The minimum absolute atomic E-state index is 0.422. The average Bonchev–Trinajstić information content (AvgIpc) is 2.61. The molecule has 1 aromatic heterocycles. The molecule has 1 aromatic carbocycles. The number of benzene rings is 1. The largest absolute Gasteiger partial charge is 0.474 e. The highest BCUT2D eigenvalue weighted by Crippen LogP contribution is 2.34. The maximum Gasteiger partial charge on any atom is 0.276 e. The molecule has 0 spiro atoms. The molecule has 0 radical (unpaired) electrons. The third kappa shape index (κ3) is 2.89. The van der Waals surface area contributed by atoms with Gasteiger partial charge < -0.3 is 9.47 Å². The Morgan fingerprint density at radius 1 is 1.22 bits per heavy atom. The summed E-state index contributed by atoms with van der Waals surface area (Å²) in [6.45, 7) is 4.23. The van der Waals surface area contributed by atoms with Crippen molar-refractivity contribution in [2.45, 2.75) is 13.8 Å². The Labute approximate surface area is 115 Å². The molecular formula is C12H12Cl2N2O2. The fraction of sp³-hybridized carbons (Fsp3) is 0.250. The van der Waals surface area contributed by atoms with Crippen LogP contribution in [0.5, 0.6) is 17.4 Å². The molecule has 0 aliphatic carbocycles. The van der Waals surface area contributed by atoms with Gasteiger partial charge in [-0.3, -0.25) is 5.10 Å². The van der Waals surface area contributed by atoms with E-state index in [0.29, 0.717) is 34.0 Å². The van der Waals surface area contributed by atoms with E-state index in [0.717, 1.165) is 5.69 Å². The van der Waals surface area contributed by atoms with Gasteiger partial charge in [-0.2, -0.15) is 0 Å². The number of aromatic amines is 1. The Morgan fingerprint density at radius 3 is 2.50 bits per heavy atom. The van der Waals surface area contributed by atoms with E-state index in [-0.39, 0.29) is 0 Å². The molecule has 2 aromatic rings. The van der Waals surface area contributed by atoms with E-state index in [1.165, 1.54) is 0 Å². The third-order valence-corrected chi connectivity index (χ3v) is 2.63. The van der Waals surface area contributed by atoms with Crippen LogP contribution in [0.1, 0.15) is 12.6 Å². The van der Waals surface area contributed by atoms with Gasteiger partial charge in [-0.15, -0.1) is 5.10 Å². The lowest BCUT2D eigenvalue weighted by atomic mass is 10.3. The van der Waals surface area contributed by atoms with Gasteiger partial charge in [0.15, 0.2) is 0 Å². The van der Waals surface area contributed by atoms with Crippen LogP contribution in [0, 0.1) is 6.92 Å². The molecule has 4 nitrogen and oxygen atoms in total. The zero-order chi connectivity index (χ0) is 13.1. The molecule has 1 N–H and O–H groups in total. The van der Waals surface area contributed by atoms with Gasteiger partial charge in [0.1, 0.15) is 5.75 Å². The lowest BCUT2D eigenvalue weighted by Crippen LogP contribution is -1.94. The molecule has 0 aliphatic heterocycles. The van der Waals surface area contributed by atoms with Crippen molar-refractivity contribution in [3.63, 3.8) is 0 Å². The van der Waals surface area contributed by atoms with Crippen molar-refractivity contribution in [2.24, 2.45) is 0 Å². The molecule has 2 rings (SSSR count). The minimum atomic E-state index is 0.422. The molecule has 1 heterocycles. The molecule has 0 fully saturated rings. The smallest absolute Gasteiger partial charge is 0.276 e. The SMILES string of the molecule is CCOc1n[nH]c(C)c1Oc1cc(Cl)cc(Cl)c1. The highest BCUT2D eigenvalue weighted by Gasteiger charge is 2.14. The first-order chi connectivity index (χ1) is 8.60. The molecular weight excluding hydrogens is 275 g/mol. The molecule has 0 bridgehead atoms. The Hall–Kier alpha value is -1.39. The van der Waals surface area contributed by atoms with Crippen molar-refractivity contribution >= 4 is 23.2 Å². The van der Waals surface area contributed by atoms with E-state index >= 15 is 0 Å². The van der Waals surface area contributed by atoms with Crippen molar-refractivity contribution < 1.29 is 9.47 Å². The van der Waals surface area contributed by atoms with Crippen LogP contribution < -0.4 is 9.47 Å². The number of nitrogens with one attached hydrogen (secondary N) is 1. The van der Waals surface area contributed by atoms with E-state index in [1.54, 1.807) is 18.2 Å². The Morgan fingerprint density at radius 2 is 1.89 bits per heavy atom. The quantitative estimate of drug-likeness (QED) is 0.916. The fourth-order valence-electron chi connectivity index (χ4n) is 1.46. The molecule has 0 unspecified atom stereocenters. The van der Waals surface area contributed by atoms with E-state index in [2.05, 4.69) is 10.2 Å². The van der Waals surface area contributed by atoms with E-state index in [4.69, 9.17) is 32.7 Å². The second-order valence-electron chi connectivity index (χ2n) is 3.62. The summed E-state index contributed by atoms with van der Waals surface area (Å²) < 4.78 is 11.1. The summed E-state index contributed by atoms with van der Waals surface area (Å²) in [7, 11) is 0. The zero-order valence-corrected chi connectivity index (χ0v) is 11.5.